The highest BCUT2D eigenvalue weighted by molar-refractivity contribution is 5.91. The number of ether oxygens (including phenoxy) is 3. The van der Waals surface area contributed by atoms with Gasteiger partial charge in [-0.25, -0.2) is 0 Å². The highest BCUT2D eigenvalue weighted by Gasteiger charge is 2.62. The van der Waals surface area contributed by atoms with Crippen molar-refractivity contribution in [1.29, 1.82) is 0 Å². The molecular formula is C33H46O5. The summed E-state index contributed by atoms with van der Waals surface area (Å²) in [5, 5.41) is 0. The number of rotatable bonds is 9. The molecule has 208 valence electrons. The van der Waals surface area contributed by atoms with Crippen molar-refractivity contribution in [2.75, 3.05) is 13.9 Å². The SMILES string of the molecule is COC(=O)CC[C@@H](C)[C@H]1CC[C@H]2[C@@H]3[C@H](OCOCc4ccccc4)CC4=CC(=O)CC[C@]4(C)[C@H]3CC[C@]12C. The maximum absolute atomic E-state index is 12.5. The van der Waals surface area contributed by atoms with Crippen LogP contribution < -0.4 is 0 Å². The van der Waals surface area contributed by atoms with Gasteiger partial charge in [0.1, 0.15) is 6.79 Å². The summed E-state index contributed by atoms with van der Waals surface area (Å²) in [7, 11) is 1.48. The van der Waals surface area contributed by atoms with Gasteiger partial charge in [0.25, 0.3) is 0 Å². The Morgan fingerprint density at radius 3 is 2.63 bits per heavy atom. The summed E-state index contributed by atoms with van der Waals surface area (Å²) < 4.78 is 17.5. The summed E-state index contributed by atoms with van der Waals surface area (Å²) in [5.74, 6) is 2.90. The zero-order valence-electron chi connectivity index (χ0n) is 23.7. The Morgan fingerprint density at radius 2 is 1.87 bits per heavy atom. The molecule has 4 aliphatic rings. The van der Waals surface area contributed by atoms with E-state index >= 15 is 0 Å². The molecule has 0 amide bonds. The number of benzene rings is 1. The van der Waals surface area contributed by atoms with Gasteiger partial charge in [-0.05, 0) is 97.0 Å². The minimum absolute atomic E-state index is 0.0785. The van der Waals surface area contributed by atoms with E-state index in [1.54, 1.807) is 0 Å². The Bertz CT molecular complexity index is 1030. The molecule has 0 bridgehead atoms. The summed E-state index contributed by atoms with van der Waals surface area (Å²) in [4.78, 5) is 24.3. The fraction of sp³-hybridized carbons (Fsp3) is 0.697. The monoisotopic (exact) mass is 522 g/mol. The van der Waals surface area contributed by atoms with E-state index < -0.39 is 0 Å². The fourth-order valence-electron chi connectivity index (χ4n) is 9.16. The highest BCUT2D eigenvalue weighted by Crippen LogP contribution is 2.68. The second-order valence-corrected chi connectivity index (χ2v) is 13.0. The van der Waals surface area contributed by atoms with Crippen LogP contribution in [-0.4, -0.2) is 31.8 Å². The first kappa shape index (κ1) is 27.6. The molecule has 1 aromatic carbocycles. The van der Waals surface area contributed by atoms with Gasteiger partial charge in [-0.1, -0.05) is 56.7 Å². The molecule has 0 heterocycles. The van der Waals surface area contributed by atoms with E-state index in [4.69, 9.17) is 14.2 Å². The molecule has 0 aliphatic heterocycles. The molecule has 3 fully saturated rings. The lowest BCUT2D eigenvalue weighted by atomic mass is 9.45. The van der Waals surface area contributed by atoms with Crippen molar-refractivity contribution >= 4 is 11.8 Å². The maximum atomic E-state index is 12.5. The first-order valence-electron chi connectivity index (χ1n) is 14.8. The van der Waals surface area contributed by atoms with Crippen LogP contribution in [-0.2, 0) is 30.4 Å². The molecule has 0 saturated heterocycles. The van der Waals surface area contributed by atoms with Crippen LogP contribution in [0.25, 0.3) is 0 Å². The Balaban J connectivity index is 1.35. The second-order valence-electron chi connectivity index (χ2n) is 13.0. The zero-order chi connectivity index (χ0) is 26.9. The first-order valence-corrected chi connectivity index (χ1v) is 14.8. The Morgan fingerprint density at radius 1 is 1.08 bits per heavy atom. The van der Waals surface area contributed by atoms with Gasteiger partial charge in [-0.3, -0.25) is 9.59 Å². The topological polar surface area (TPSA) is 61.8 Å². The van der Waals surface area contributed by atoms with Crippen molar-refractivity contribution in [3.63, 3.8) is 0 Å². The van der Waals surface area contributed by atoms with Gasteiger partial charge in [-0.15, -0.1) is 0 Å². The third-order valence-corrected chi connectivity index (χ3v) is 11.2. The quantitative estimate of drug-likeness (QED) is 0.201. The van der Waals surface area contributed by atoms with Gasteiger partial charge < -0.3 is 14.2 Å². The minimum Gasteiger partial charge on any atom is -0.469 e. The van der Waals surface area contributed by atoms with Gasteiger partial charge in [0.05, 0.1) is 19.8 Å². The Labute approximate surface area is 228 Å². The van der Waals surface area contributed by atoms with Crippen LogP contribution in [0.4, 0.5) is 0 Å². The Hall–Kier alpha value is -1.98. The van der Waals surface area contributed by atoms with E-state index in [1.807, 2.05) is 24.3 Å². The molecule has 5 nitrogen and oxygen atoms in total. The van der Waals surface area contributed by atoms with Gasteiger partial charge in [0, 0.05) is 12.8 Å². The van der Waals surface area contributed by atoms with Crippen molar-refractivity contribution in [3.05, 3.63) is 47.5 Å². The molecule has 0 N–H and O–H groups in total. The number of methoxy groups -OCH3 is 1. The lowest BCUT2D eigenvalue weighted by Gasteiger charge is -2.60. The van der Waals surface area contributed by atoms with Crippen LogP contribution >= 0.6 is 0 Å². The molecular weight excluding hydrogens is 476 g/mol. The number of hydrogen-bond donors (Lipinski definition) is 0. The standard InChI is InChI=1S/C33H46O5/c1-22(10-13-30(35)36-4)26-11-12-27-31-28(15-17-33(26,27)3)32(2)16-14-25(34)18-24(32)19-29(31)38-21-37-20-23-8-6-5-7-9-23/h5-9,18,22,26-29,31H,10-17,19-21H2,1-4H3/t22-,26-,27+,28+,29-,31+,32+,33-/m1/s1. The number of carbonyl (C=O) groups excluding carboxylic acids is 2. The van der Waals surface area contributed by atoms with Crippen LogP contribution in [0.1, 0.15) is 84.1 Å². The lowest BCUT2D eigenvalue weighted by Crippen LogP contribution is -2.56. The second kappa shape index (κ2) is 11.3. The molecule has 0 radical (unpaired) electrons. The number of fused-ring (bicyclic) bond motifs is 5. The molecule has 0 unspecified atom stereocenters. The van der Waals surface area contributed by atoms with Crippen molar-refractivity contribution in [2.45, 2.75) is 91.3 Å². The van der Waals surface area contributed by atoms with Crippen LogP contribution in [0.5, 0.6) is 0 Å². The molecule has 38 heavy (non-hydrogen) atoms. The molecule has 5 heteroatoms. The number of ketones is 1. The number of hydrogen-bond acceptors (Lipinski definition) is 5. The van der Waals surface area contributed by atoms with Gasteiger partial charge in [-0.2, -0.15) is 0 Å². The average Bonchev–Trinajstić information content (AvgIpc) is 3.28. The summed E-state index contributed by atoms with van der Waals surface area (Å²) in [6.45, 7) is 8.12. The smallest absolute Gasteiger partial charge is 0.305 e. The third-order valence-electron chi connectivity index (χ3n) is 11.2. The number of esters is 1. The van der Waals surface area contributed by atoms with Gasteiger partial charge in [0.2, 0.25) is 0 Å². The van der Waals surface area contributed by atoms with E-state index in [-0.39, 0.29) is 35.5 Å². The predicted molar refractivity (Wildman–Crippen MR) is 147 cm³/mol. The maximum Gasteiger partial charge on any atom is 0.305 e. The molecule has 1 aromatic rings. The Kier molecular flexibility index (Phi) is 8.17. The molecule has 8 atom stereocenters. The largest absolute Gasteiger partial charge is 0.469 e. The van der Waals surface area contributed by atoms with Gasteiger partial charge >= 0.3 is 5.97 Å². The lowest BCUT2D eigenvalue weighted by molar-refractivity contribution is -0.173. The molecule has 5 rings (SSSR count). The zero-order valence-corrected chi connectivity index (χ0v) is 23.7. The van der Waals surface area contributed by atoms with Crippen molar-refractivity contribution in [1.82, 2.24) is 0 Å². The van der Waals surface area contributed by atoms with Crippen LogP contribution in [0.15, 0.2) is 42.0 Å². The molecule has 0 spiro atoms. The predicted octanol–water partition coefficient (Wildman–Crippen LogP) is 6.89. The third kappa shape index (κ3) is 5.13. The first-order chi connectivity index (χ1) is 18.3. The summed E-state index contributed by atoms with van der Waals surface area (Å²) in [5.41, 5.74) is 2.81. The van der Waals surface area contributed by atoms with Crippen molar-refractivity contribution in [2.24, 2.45) is 40.4 Å². The summed E-state index contributed by atoms with van der Waals surface area (Å²) in [6, 6.07) is 10.2. The van der Waals surface area contributed by atoms with E-state index in [0.29, 0.717) is 49.0 Å². The van der Waals surface area contributed by atoms with E-state index in [9.17, 15) is 9.59 Å². The van der Waals surface area contributed by atoms with Gasteiger partial charge in [0.15, 0.2) is 5.78 Å². The van der Waals surface area contributed by atoms with Crippen LogP contribution in [0.2, 0.25) is 0 Å². The van der Waals surface area contributed by atoms with E-state index in [1.165, 1.54) is 38.4 Å². The summed E-state index contributed by atoms with van der Waals surface area (Å²) in [6.07, 6.45) is 10.8. The molecule has 4 aliphatic carbocycles. The van der Waals surface area contributed by atoms with Crippen LogP contribution in [0, 0.1) is 40.4 Å². The molecule has 3 saturated carbocycles. The van der Waals surface area contributed by atoms with Crippen molar-refractivity contribution < 1.29 is 23.8 Å². The average molecular weight is 523 g/mol. The molecule has 0 aromatic heterocycles. The highest BCUT2D eigenvalue weighted by atomic mass is 16.7. The van der Waals surface area contributed by atoms with Crippen LogP contribution in [0.3, 0.4) is 0 Å². The van der Waals surface area contributed by atoms with Crippen molar-refractivity contribution in [3.8, 4) is 0 Å². The normalized spacial score (nSPS) is 37.0. The minimum atomic E-state index is -0.101. The summed E-state index contributed by atoms with van der Waals surface area (Å²) >= 11 is 0. The van der Waals surface area contributed by atoms with E-state index in [0.717, 1.165) is 24.8 Å². The van der Waals surface area contributed by atoms with E-state index in [2.05, 4.69) is 32.9 Å². The number of carbonyl (C=O) groups is 2. The fourth-order valence-corrected chi connectivity index (χ4v) is 9.16.